The van der Waals surface area contributed by atoms with Crippen molar-refractivity contribution in [3.8, 4) is 5.75 Å². The molecule has 0 bridgehead atoms. The SMILES string of the molecule is CCN(C)CCNC(=NC)N(C)CCOc1ccc(Cl)cc1. The van der Waals surface area contributed by atoms with E-state index in [-0.39, 0.29) is 0 Å². The summed E-state index contributed by atoms with van der Waals surface area (Å²) in [7, 11) is 5.90. The molecule has 0 aliphatic carbocycles. The van der Waals surface area contributed by atoms with Gasteiger partial charge in [-0.1, -0.05) is 18.5 Å². The Morgan fingerprint density at radius 2 is 1.91 bits per heavy atom. The van der Waals surface area contributed by atoms with Crippen LogP contribution in [0.1, 0.15) is 6.92 Å². The van der Waals surface area contributed by atoms with Crippen molar-refractivity contribution in [3.63, 3.8) is 0 Å². The highest BCUT2D eigenvalue weighted by Gasteiger charge is 2.06. The van der Waals surface area contributed by atoms with Crippen molar-refractivity contribution in [2.45, 2.75) is 6.92 Å². The summed E-state index contributed by atoms with van der Waals surface area (Å²) in [6, 6.07) is 7.39. The number of hydrogen-bond acceptors (Lipinski definition) is 3. The zero-order valence-corrected chi connectivity index (χ0v) is 14.7. The van der Waals surface area contributed by atoms with Crippen LogP contribution >= 0.6 is 11.6 Å². The van der Waals surface area contributed by atoms with Crippen LogP contribution in [0, 0.1) is 0 Å². The van der Waals surface area contributed by atoms with Gasteiger partial charge in [-0.05, 0) is 37.9 Å². The predicted octanol–water partition coefficient (Wildman–Crippen LogP) is 2.18. The van der Waals surface area contributed by atoms with Crippen LogP contribution in [0.5, 0.6) is 5.75 Å². The van der Waals surface area contributed by atoms with Crippen molar-refractivity contribution >= 4 is 17.6 Å². The average Bonchev–Trinajstić information content (AvgIpc) is 2.53. The summed E-state index contributed by atoms with van der Waals surface area (Å²) in [6.07, 6.45) is 0. The van der Waals surface area contributed by atoms with Gasteiger partial charge in [0, 0.05) is 32.2 Å². The molecule has 0 aromatic heterocycles. The zero-order valence-electron chi connectivity index (χ0n) is 14.0. The maximum absolute atomic E-state index is 5.85. The summed E-state index contributed by atoms with van der Waals surface area (Å²) >= 11 is 5.85. The highest BCUT2D eigenvalue weighted by Crippen LogP contribution is 2.15. The van der Waals surface area contributed by atoms with Gasteiger partial charge in [0.2, 0.25) is 0 Å². The van der Waals surface area contributed by atoms with Crippen LogP contribution in [-0.2, 0) is 0 Å². The first kappa shape index (κ1) is 18.6. The molecular formula is C16H27ClN4O. The number of rotatable bonds is 8. The van der Waals surface area contributed by atoms with Crippen molar-refractivity contribution in [2.24, 2.45) is 4.99 Å². The Labute approximate surface area is 138 Å². The molecule has 1 aromatic rings. The van der Waals surface area contributed by atoms with Crippen LogP contribution in [0.3, 0.4) is 0 Å². The van der Waals surface area contributed by atoms with E-state index >= 15 is 0 Å². The standard InChI is InChI=1S/C16H27ClN4O/c1-5-20(3)11-10-19-16(18-2)21(4)12-13-22-15-8-6-14(17)7-9-15/h6-9H,5,10-13H2,1-4H3,(H,18,19). The molecule has 0 aliphatic heterocycles. The third kappa shape index (κ3) is 7.00. The molecule has 0 atom stereocenters. The van der Waals surface area contributed by atoms with Gasteiger partial charge in [-0.15, -0.1) is 0 Å². The van der Waals surface area contributed by atoms with Crippen molar-refractivity contribution in [3.05, 3.63) is 29.3 Å². The Hall–Kier alpha value is -1.46. The van der Waals surface area contributed by atoms with Crippen molar-refractivity contribution in [1.29, 1.82) is 0 Å². The monoisotopic (exact) mass is 326 g/mol. The Bertz CT molecular complexity index is 450. The van der Waals surface area contributed by atoms with E-state index in [4.69, 9.17) is 16.3 Å². The molecule has 1 N–H and O–H groups in total. The number of hydrogen-bond donors (Lipinski definition) is 1. The fraction of sp³-hybridized carbons (Fsp3) is 0.562. The third-order valence-corrected chi connectivity index (χ3v) is 3.65. The minimum absolute atomic E-state index is 0.591. The maximum atomic E-state index is 5.85. The van der Waals surface area contributed by atoms with E-state index in [0.717, 1.165) is 37.9 Å². The number of aliphatic imine (C=N–C) groups is 1. The normalized spacial score (nSPS) is 11.6. The Morgan fingerprint density at radius 1 is 1.23 bits per heavy atom. The molecule has 0 saturated heterocycles. The molecule has 0 fully saturated rings. The van der Waals surface area contributed by atoms with E-state index in [2.05, 4.69) is 34.1 Å². The molecule has 124 valence electrons. The zero-order chi connectivity index (χ0) is 16.4. The fourth-order valence-electron chi connectivity index (χ4n) is 1.84. The van der Waals surface area contributed by atoms with Crippen molar-refractivity contribution in [2.75, 3.05) is 53.9 Å². The molecule has 0 unspecified atom stereocenters. The molecule has 6 heteroatoms. The molecule has 0 aliphatic rings. The first-order valence-corrected chi connectivity index (χ1v) is 7.93. The van der Waals surface area contributed by atoms with Gasteiger partial charge >= 0.3 is 0 Å². The van der Waals surface area contributed by atoms with E-state index in [1.54, 1.807) is 7.05 Å². The molecule has 0 spiro atoms. The minimum atomic E-state index is 0.591. The first-order chi connectivity index (χ1) is 10.6. The summed E-state index contributed by atoms with van der Waals surface area (Å²) in [5.41, 5.74) is 0. The quantitative estimate of drug-likeness (QED) is 0.587. The van der Waals surface area contributed by atoms with Gasteiger partial charge in [-0.25, -0.2) is 0 Å². The number of nitrogens with one attached hydrogen (secondary N) is 1. The second-order valence-electron chi connectivity index (χ2n) is 5.09. The topological polar surface area (TPSA) is 40.1 Å². The van der Waals surface area contributed by atoms with Gasteiger partial charge in [-0.2, -0.15) is 0 Å². The summed E-state index contributed by atoms with van der Waals surface area (Å²) in [6.45, 7) is 6.41. The summed E-state index contributed by atoms with van der Waals surface area (Å²) in [5, 5.41) is 4.07. The summed E-state index contributed by atoms with van der Waals surface area (Å²) < 4.78 is 5.70. The molecular weight excluding hydrogens is 300 g/mol. The average molecular weight is 327 g/mol. The molecule has 0 saturated carbocycles. The fourth-order valence-corrected chi connectivity index (χ4v) is 1.96. The minimum Gasteiger partial charge on any atom is -0.492 e. The van der Waals surface area contributed by atoms with Crippen molar-refractivity contribution < 1.29 is 4.74 Å². The Balaban J connectivity index is 2.29. The number of nitrogens with zero attached hydrogens (tertiary/aromatic N) is 3. The van der Waals surface area contributed by atoms with Crippen molar-refractivity contribution in [1.82, 2.24) is 15.1 Å². The maximum Gasteiger partial charge on any atom is 0.193 e. The number of ether oxygens (including phenoxy) is 1. The lowest BCUT2D eigenvalue weighted by molar-refractivity contribution is 0.280. The predicted molar refractivity (Wildman–Crippen MR) is 94.1 cm³/mol. The van der Waals surface area contributed by atoms with Gasteiger partial charge in [0.1, 0.15) is 12.4 Å². The van der Waals surface area contributed by atoms with Gasteiger partial charge in [-0.3, -0.25) is 4.99 Å². The largest absolute Gasteiger partial charge is 0.492 e. The number of guanidine groups is 1. The Morgan fingerprint density at radius 3 is 2.50 bits per heavy atom. The lowest BCUT2D eigenvalue weighted by Gasteiger charge is -2.23. The van der Waals surface area contributed by atoms with E-state index in [1.807, 2.05) is 31.3 Å². The molecule has 5 nitrogen and oxygen atoms in total. The van der Waals surface area contributed by atoms with Crippen LogP contribution in [0.4, 0.5) is 0 Å². The van der Waals surface area contributed by atoms with E-state index in [9.17, 15) is 0 Å². The van der Waals surface area contributed by atoms with Crippen LogP contribution in [0.15, 0.2) is 29.3 Å². The molecule has 22 heavy (non-hydrogen) atoms. The smallest absolute Gasteiger partial charge is 0.193 e. The van der Waals surface area contributed by atoms with Gasteiger partial charge in [0.25, 0.3) is 0 Å². The molecule has 0 heterocycles. The van der Waals surface area contributed by atoms with Crippen LogP contribution in [-0.4, -0.2) is 69.7 Å². The van der Waals surface area contributed by atoms with Crippen LogP contribution in [0.2, 0.25) is 5.02 Å². The number of likely N-dealkylation sites (N-methyl/N-ethyl adjacent to an activating group) is 2. The lowest BCUT2D eigenvalue weighted by Crippen LogP contribution is -2.43. The van der Waals surface area contributed by atoms with E-state index < -0.39 is 0 Å². The second kappa shape index (κ2) is 10.3. The van der Waals surface area contributed by atoms with Crippen LogP contribution < -0.4 is 10.1 Å². The Kier molecular flexibility index (Phi) is 8.70. The lowest BCUT2D eigenvalue weighted by atomic mass is 10.3. The summed E-state index contributed by atoms with van der Waals surface area (Å²) in [5.74, 6) is 1.70. The molecule has 0 amide bonds. The first-order valence-electron chi connectivity index (χ1n) is 7.55. The van der Waals surface area contributed by atoms with E-state index in [1.165, 1.54) is 0 Å². The molecule has 1 aromatic carbocycles. The summed E-state index contributed by atoms with van der Waals surface area (Å²) in [4.78, 5) is 8.60. The third-order valence-electron chi connectivity index (χ3n) is 3.40. The van der Waals surface area contributed by atoms with Gasteiger partial charge in [0.15, 0.2) is 5.96 Å². The van der Waals surface area contributed by atoms with Gasteiger partial charge < -0.3 is 19.9 Å². The number of benzene rings is 1. The molecule has 1 rings (SSSR count). The number of halogens is 1. The highest BCUT2D eigenvalue weighted by atomic mass is 35.5. The highest BCUT2D eigenvalue weighted by molar-refractivity contribution is 6.30. The van der Waals surface area contributed by atoms with E-state index in [0.29, 0.717) is 11.6 Å². The second-order valence-corrected chi connectivity index (χ2v) is 5.53. The van der Waals surface area contributed by atoms with Crippen LogP contribution in [0.25, 0.3) is 0 Å². The molecule has 0 radical (unpaired) electrons. The van der Waals surface area contributed by atoms with Gasteiger partial charge in [0.05, 0.1) is 6.54 Å².